The van der Waals surface area contributed by atoms with Crippen molar-refractivity contribution in [2.24, 2.45) is 0 Å². The normalized spacial score (nSPS) is 14.7. The minimum atomic E-state index is -1.03. The molecular formula is C19H23ClN4O3. The average molecular weight is 391 g/mol. The molecule has 2 heterocycles. The number of ether oxygens (including phenoxy) is 2. The van der Waals surface area contributed by atoms with Crippen molar-refractivity contribution in [2.75, 3.05) is 31.2 Å². The molecule has 1 aromatic heterocycles. The molecule has 1 aliphatic heterocycles. The molecule has 1 aliphatic rings. The van der Waals surface area contributed by atoms with Crippen molar-refractivity contribution in [2.45, 2.75) is 26.0 Å². The zero-order chi connectivity index (χ0) is 19.3. The van der Waals surface area contributed by atoms with Gasteiger partial charge in [-0.1, -0.05) is 11.6 Å². The summed E-state index contributed by atoms with van der Waals surface area (Å²) in [5.41, 5.74) is -0.296. The van der Waals surface area contributed by atoms with Crippen LogP contribution in [0.3, 0.4) is 0 Å². The Kier molecular flexibility index (Phi) is 6.13. The Balaban J connectivity index is 1.58. The summed E-state index contributed by atoms with van der Waals surface area (Å²) < 4.78 is 11.1. The van der Waals surface area contributed by atoms with Gasteiger partial charge < -0.3 is 19.7 Å². The van der Waals surface area contributed by atoms with Crippen LogP contribution >= 0.6 is 11.6 Å². The van der Waals surface area contributed by atoms with Crippen LogP contribution in [0.5, 0.6) is 5.75 Å². The van der Waals surface area contributed by atoms with Crippen LogP contribution in [0.2, 0.25) is 5.02 Å². The highest BCUT2D eigenvalue weighted by Crippen LogP contribution is 2.21. The number of nitrogens with zero attached hydrogens (tertiary/aromatic N) is 3. The van der Waals surface area contributed by atoms with Crippen LogP contribution in [0.25, 0.3) is 0 Å². The number of morpholine rings is 1. The Morgan fingerprint density at radius 1 is 1.26 bits per heavy atom. The van der Waals surface area contributed by atoms with E-state index in [1.807, 2.05) is 0 Å². The molecule has 1 aromatic carbocycles. The Bertz CT molecular complexity index is 777. The second kappa shape index (κ2) is 8.54. The van der Waals surface area contributed by atoms with Gasteiger partial charge in [-0.2, -0.15) is 0 Å². The zero-order valence-electron chi connectivity index (χ0n) is 15.4. The number of carbonyl (C=O) groups excluding carboxylic acids is 1. The van der Waals surface area contributed by atoms with Crippen LogP contribution in [-0.4, -0.2) is 47.8 Å². The first-order valence-electron chi connectivity index (χ1n) is 8.81. The molecule has 0 saturated carbocycles. The molecule has 0 bridgehead atoms. The second-order valence-corrected chi connectivity index (χ2v) is 7.13. The van der Waals surface area contributed by atoms with Crippen LogP contribution in [0.4, 0.5) is 5.95 Å². The van der Waals surface area contributed by atoms with E-state index in [0.29, 0.717) is 36.5 Å². The molecule has 0 spiro atoms. The molecule has 3 rings (SSSR count). The predicted octanol–water partition coefficient (Wildman–Crippen LogP) is 2.44. The van der Waals surface area contributed by atoms with E-state index in [1.165, 1.54) is 0 Å². The molecule has 1 N–H and O–H groups in total. The van der Waals surface area contributed by atoms with Gasteiger partial charge in [0.25, 0.3) is 5.91 Å². The minimum absolute atomic E-state index is 0.232. The van der Waals surface area contributed by atoms with Gasteiger partial charge in [0, 0.05) is 24.3 Å². The minimum Gasteiger partial charge on any atom is -0.478 e. The fraction of sp³-hybridized carbons (Fsp3) is 0.421. The van der Waals surface area contributed by atoms with E-state index in [9.17, 15) is 4.79 Å². The summed E-state index contributed by atoms with van der Waals surface area (Å²) in [6.45, 7) is 6.59. The first kappa shape index (κ1) is 19.4. The molecule has 7 nitrogen and oxygen atoms in total. The summed E-state index contributed by atoms with van der Waals surface area (Å²) in [5, 5.41) is 3.49. The van der Waals surface area contributed by atoms with Crippen LogP contribution in [0.15, 0.2) is 36.5 Å². The van der Waals surface area contributed by atoms with Crippen molar-refractivity contribution in [1.82, 2.24) is 15.3 Å². The highest BCUT2D eigenvalue weighted by molar-refractivity contribution is 6.30. The van der Waals surface area contributed by atoms with E-state index >= 15 is 0 Å². The van der Waals surface area contributed by atoms with E-state index in [1.54, 1.807) is 50.4 Å². The van der Waals surface area contributed by atoms with Gasteiger partial charge in [0.1, 0.15) is 5.75 Å². The lowest BCUT2D eigenvalue weighted by Gasteiger charge is -2.27. The second-order valence-electron chi connectivity index (χ2n) is 6.70. The quantitative estimate of drug-likeness (QED) is 0.816. The summed E-state index contributed by atoms with van der Waals surface area (Å²) in [7, 11) is 0. The molecule has 0 atom stereocenters. The summed E-state index contributed by atoms with van der Waals surface area (Å²) in [4.78, 5) is 23.5. The van der Waals surface area contributed by atoms with Crippen LogP contribution < -0.4 is 15.0 Å². The molecule has 27 heavy (non-hydrogen) atoms. The Morgan fingerprint density at radius 3 is 2.67 bits per heavy atom. The van der Waals surface area contributed by atoms with Gasteiger partial charge in [-0.25, -0.2) is 9.97 Å². The molecule has 8 heteroatoms. The lowest BCUT2D eigenvalue weighted by molar-refractivity contribution is -0.134. The van der Waals surface area contributed by atoms with Gasteiger partial charge in [0.15, 0.2) is 5.60 Å². The van der Waals surface area contributed by atoms with Crippen LogP contribution in [0.1, 0.15) is 19.5 Å². The third-order valence-electron chi connectivity index (χ3n) is 4.16. The predicted molar refractivity (Wildman–Crippen MR) is 103 cm³/mol. The monoisotopic (exact) mass is 390 g/mol. The third kappa shape index (κ3) is 5.30. The number of halogens is 1. The number of aromatic nitrogens is 2. The first-order valence-corrected chi connectivity index (χ1v) is 9.19. The fourth-order valence-corrected chi connectivity index (χ4v) is 2.75. The molecule has 0 radical (unpaired) electrons. The maximum absolute atomic E-state index is 12.6. The van der Waals surface area contributed by atoms with E-state index < -0.39 is 5.60 Å². The highest BCUT2D eigenvalue weighted by Gasteiger charge is 2.29. The zero-order valence-corrected chi connectivity index (χ0v) is 16.2. The molecule has 2 aromatic rings. The van der Waals surface area contributed by atoms with Gasteiger partial charge in [-0.3, -0.25) is 4.79 Å². The Hall–Kier alpha value is -2.38. The average Bonchev–Trinajstić information content (AvgIpc) is 2.68. The number of benzene rings is 1. The van der Waals surface area contributed by atoms with E-state index in [-0.39, 0.29) is 5.91 Å². The van der Waals surface area contributed by atoms with Gasteiger partial charge in [0.2, 0.25) is 5.95 Å². The van der Waals surface area contributed by atoms with E-state index in [0.717, 1.165) is 18.8 Å². The molecule has 0 aliphatic carbocycles. The van der Waals surface area contributed by atoms with Crippen molar-refractivity contribution in [3.05, 3.63) is 47.2 Å². The molecule has 144 valence electrons. The van der Waals surface area contributed by atoms with Crippen molar-refractivity contribution >= 4 is 23.5 Å². The highest BCUT2D eigenvalue weighted by atomic mass is 35.5. The lowest BCUT2D eigenvalue weighted by Crippen LogP contribution is -2.46. The first-order chi connectivity index (χ1) is 12.9. The van der Waals surface area contributed by atoms with Crippen molar-refractivity contribution in [3.8, 4) is 5.75 Å². The largest absolute Gasteiger partial charge is 0.478 e. The summed E-state index contributed by atoms with van der Waals surface area (Å²) >= 11 is 5.87. The fourth-order valence-electron chi connectivity index (χ4n) is 2.63. The van der Waals surface area contributed by atoms with E-state index in [2.05, 4.69) is 20.2 Å². The molecule has 1 saturated heterocycles. The number of hydrogen-bond donors (Lipinski definition) is 1. The van der Waals surface area contributed by atoms with Crippen molar-refractivity contribution < 1.29 is 14.3 Å². The van der Waals surface area contributed by atoms with Gasteiger partial charge in [-0.15, -0.1) is 0 Å². The maximum atomic E-state index is 12.6. The third-order valence-corrected chi connectivity index (χ3v) is 4.41. The van der Waals surface area contributed by atoms with Crippen molar-refractivity contribution in [1.29, 1.82) is 0 Å². The number of rotatable bonds is 6. The summed E-state index contributed by atoms with van der Waals surface area (Å²) in [6, 6.07) is 8.70. The van der Waals surface area contributed by atoms with Gasteiger partial charge >= 0.3 is 0 Å². The number of anilines is 1. The van der Waals surface area contributed by atoms with Crippen LogP contribution in [0, 0.1) is 0 Å². The topological polar surface area (TPSA) is 76.6 Å². The number of carbonyl (C=O) groups is 1. The SMILES string of the molecule is CC(C)(Oc1ccc(Cl)cc1)C(=O)NCc1ccnc(N2CCOCC2)n1. The number of nitrogens with one attached hydrogen (secondary N) is 1. The molecule has 1 fully saturated rings. The Morgan fingerprint density at radius 2 is 1.96 bits per heavy atom. The smallest absolute Gasteiger partial charge is 0.263 e. The molecular weight excluding hydrogens is 368 g/mol. The lowest BCUT2D eigenvalue weighted by atomic mass is 10.1. The Labute approximate surface area is 163 Å². The molecule has 1 amide bonds. The number of hydrogen-bond acceptors (Lipinski definition) is 6. The van der Waals surface area contributed by atoms with Gasteiger partial charge in [-0.05, 0) is 44.2 Å². The number of amides is 1. The van der Waals surface area contributed by atoms with Gasteiger partial charge in [0.05, 0.1) is 25.5 Å². The summed E-state index contributed by atoms with van der Waals surface area (Å²) in [6.07, 6.45) is 1.70. The standard InChI is InChI=1S/C19H23ClN4O3/c1-19(2,27-16-5-3-14(20)4-6-16)17(25)22-13-15-7-8-21-18(23-15)24-9-11-26-12-10-24/h3-8H,9-13H2,1-2H3,(H,22,25). The molecule has 0 unspecified atom stereocenters. The van der Waals surface area contributed by atoms with E-state index in [4.69, 9.17) is 21.1 Å². The maximum Gasteiger partial charge on any atom is 0.263 e. The summed E-state index contributed by atoms with van der Waals surface area (Å²) in [5.74, 6) is 1.00. The van der Waals surface area contributed by atoms with Crippen LogP contribution in [-0.2, 0) is 16.1 Å². The van der Waals surface area contributed by atoms with Crippen molar-refractivity contribution in [3.63, 3.8) is 0 Å².